The van der Waals surface area contributed by atoms with Crippen LogP contribution in [0.4, 0.5) is 0 Å². The van der Waals surface area contributed by atoms with Gasteiger partial charge in [0, 0.05) is 31.9 Å². The van der Waals surface area contributed by atoms with Crippen LogP contribution in [0.3, 0.4) is 0 Å². The smallest absolute Gasteiger partial charge is 0.221 e. The van der Waals surface area contributed by atoms with E-state index in [1.54, 1.807) is 7.05 Å². The third-order valence-corrected chi connectivity index (χ3v) is 1.90. The summed E-state index contributed by atoms with van der Waals surface area (Å²) in [6.45, 7) is 2.02. The zero-order valence-electron chi connectivity index (χ0n) is 7.45. The first kappa shape index (κ1) is 8.84. The van der Waals surface area contributed by atoms with Crippen LogP contribution in [0.25, 0.3) is 0 Å². The molecule has 1 heterocycles. The summed E-state index contributed by atoms with van der Waals surface area (Å²) in [5.74, 6) is 0.0798. The highest BCUT2D eigenvalue weighted by Crippen LogP contribution is 2.09. The minimum Gasteiger partial charge on any atom is -0.359 e. The van der Waals surface area contributed by atoms with E-state index >= 15 is 0 Å². The molecule has 1 unspecified atom stereocenters. The molecule has 0 radical (unpaired) electrons. The normalized spacial score (nSPS) is 12.5. The Hall–Kier alpha value is -1.25. The molecule has 1 rings (SSSR count). The number of carbonyl (C=O) groups is 1. The Labute approximate surface area is 72.4 Å². The predicted molar refractivity (Wildman–Crippen MR) is 47.8 cm³/mol. The fourth-order valence-electron chi connectivity index (χ4n) is 1.12. The molecule has 0 fully saturated rings. The monoisotopic (exact) mass is 166 g/mol. The van der Waals surface area contributed by atoms with Crippen molar-refractivity contribution in [2.24, 2.45) is 0 Å². The van der Waals surface area contributed by atoms with Crippen molar-refractivity contribution in [1.29, 1.82) is 0 Å². The topological polar surface area (TPSA) is 34.0 Å². The minimum atomic E-state index is 0.0798. The number of hydrogen-bond acceptors (Lipinski definition) is 1. The molecule has 0 saturated heterocycles. The molecule has 66 valence electrons. The highest BCUT2D eigenvalue weighted by atomic mass is 16.1. The molecule has 0 bridgehead atoms. The lowest BCUT2D eigenvalue weighted by molar-refractivity contribution is -0.121. The molecule has 0 aliphatic heterocycles. The number of nitrogens with zero attached hydrogens (tertiary/aromatic N) is 1. The van der Waals surface area contributed by atoms with Crippen LogP contribution in [-0.4, -0.2) is 17.5 Å². The van der Waals surface area contributed by atoms with E-state index in [1.165, 1.54) is 0 Å². The average Bonchev–Trinajstić information content (AvgIpc) is 2.56. The van der Waals surface area contributed by atoms with Crippen LogP contribution in [0.1, 0.15) is 19.4 Å². The first-order valence-electron chi connectivity index (χ1n) is 4.07. The molecular formula is C9H14N2O. The van der Waals surface area contributed by atoms with Crippen LogP contribution >= 0.6 is 0 Å². The second kappa shape index (κ2) is 3.95. The summed E-state index contributed by atoms with van der Waals surface area (Å²) in [5.41, 5.74) is 0. The van der Waals surface area contributed by atoms with E-state index in [9.17, 15) is 4.79 Å². The van der Waals surface area contributed by atoms with E-state index in [1.807, 2.05) is 36.0 Å². The SMILES string of the molecule is CNC(=O)CC(C)n1cccc1. The molecular weight excluding hydrogens is 152 g/mol. The van der Waals surface area contributed by atoms with Crippen LogP contribution in [0.5, 0.6) is 0 Å². The summed E-state index contributed by atoms with van der Waals surface area (Å²) in [4.78, 5) is 11.0. The summed E-state index contributed by atoms with van der Waals surface area (Å²) in [6, 6.07) is 4.15. The number of hydrogen-bond donors (Lipinski definition) is 1. The number of nitrogens with one attached hydrogen (secondary N) is 1. The third kappa shape index (κ3) is 2.12. The van der Waals surface area contributed by atoms with Crippen molar-refractivity contribution >= 4 is 5.91 Å². The maximum Gasteiger partial charge on any atom is 0.221 e. The predicted octanol–water partition coefficient (Wildman–Crippen LogP) is 1.19. The Balaban J connectivity index is 2.49. The van der Waals surface area contributed by atoms with Gasteiger partial charge in [0.15, 0.2) is 0 Å². The average molecular weight is 166 g/mol. The Kier molecular flexibility index (Phi) is 2.91. The highest BCUT2D eigenvalue weighted by Gasteiger charge is 2.07. The first-order valence-corrected chi connectivity index (χ1v) is 4.07. The largest absolute Gasteiger partial charge is 0.359 e. The van der Waals surface area contributed by atoms with E-state index in [4.69, 9.17) is 0 Å². The number of rotatable bonds is 3. The van der Waals surface area contributed by atoms with Gasteiger partial charge in [0.2, 0.25) is 5.91 Å². The number of carbonyl (C=O) groups excluding carboxylic acids is 1. The van der Waals surface area contributed by atoms with Crippen molar-refractivity contribution in [3.63, 3.8) is 0 Å². The molecule has 1 aromatic rings. The van der Waals surface area contributed by atoms with Crippen molar-refractivity contribution in [2.45, 2.75) is 19.4 Å². The van der Waals surface area contributed by atoms with Crippen LogP contribution < -0.4 is 5.32 Å². The van der Waals surface area contributed by atoms with Crippen molar-refractivity contribution in [1.82, 2.24) is 9.88 Å². The quantitative estimate of drug-likeness (QED) is 0.719. The molecule has 1 N–H and O–H groups in total. The Morgan fingerprint density at radius 3 is 2.58 bits per heavy atom. The summed E-state index contributed by atoms with van der Waals surface area (Å²) < 4.78 is 2.02. The second-order valence-electron chi connectivity index (χ2n) is 2.86. The molecule has 1 atom stereocenters. The summed E-state index contributed by atoms with van der Waals surface area (Å²) in [6.07, 6.45) is 4.46. The van der Waals surface area contributed by atoms with Gasteiger partial charge in [-0.25, -0.2) is 0 Å². The summed E-state index contributed by atoms with van der Waals surface area (Å²) in [7, 11) is 1.66. The van der Waals surface area contributed by atoms with Crippen LogP contribution in [0, 0.1) is 0 Å². The molecule has 0 saturated carbocycles. The van der Waals surface area contributed by atoms with Gasteiger partial charge in [0.05, 0.1) is 0 Å². The van der Waals surface area contributed by atoms with Crippen LogP contribution in [0.2, 0.25) is 0 Å². The fraction of sp³-hybridized carbons (Fsp3) is 0.444. The Bertz CT molecular complexity index is 241. The number of amides is 1. The van der Waals surface area contributed by atoms with E-state index in [-0.39, 0.29) is 11.9 Å². The molecule has 0 aliphatic carbocycles. The van der Waals surface area contributed by atoms with Crippen molar-refractivity contribution in [3.8, 4) is 0 Å². The van der Waals surface area contributed by atoms with E-state index < -0.39 is 0 Å². The Morgan fingerprint density at radius 1 is 1.50 bits per heavy atom. The van der Waals surface area contributed by atoms with Gasteiger partial charge < -0.3 is 9.88 Å². The van der Waals surface area contributed by atoms with E-state index in [2.05, 4.69) is 5.32 Å². The standard InChI is InChI=1S/C9H14N2O/c1-8(7-9(12)10-2)11-5-3-4-6-11/h3-6,8H,7H2,1-2H3,(H,10,12). The van der Waals surface area contributed by atoms with Gasteiger partial charge >= 0.3 is 0 Å². The molecule has 1 amide bonds. The third-order valence-electron chi connectivity index (χ3n) is 1.90. The van der Waals surface area contributed by atoms with Gasteiger partial charge in [-0.2, -0.15) is 0 Å². The van der Waals surface area contributed by atoms with Gasteiger partial charge in [-0.1, -0.05) is 0 Å². The maximum atomic E-state index is 11.0. The second-order valence-corrected chi connectivity index (χ2v) is 2.86. The lowest BCUT2D eigenvalue weighted by Crippen LogP contribution is -2.21. The zero-order chi connectivity index (χ0) is 8.97. The molecule has 0 aromatic carbocycles. The molecule has 12 heavy (non-hydrogen) atoms. The number of aromatic nitrogens is 1. The van der Waals surface area contributed by atoms with Gasteiger partial charge in [-0.15, -0.1) is 0 Å². The van der Waals surface area contributed by atoms with E-state index in [0.717, 1.165) is 0 Å². The summed E-state index contributed by atoms with van der Waals surface area (Å²) >= 11 is 0. The van der Waals surface area contributed by atoms with Crippen LogP contribution in [0.15, 0.2) is 24.5 Å². The lowest BCUT2D eigenvalue weighted by atomic mass is 10.2. The van der Waals surface area contributed by atoms with Crippen molar-refractivity contribution in [2.75, 3.05) is 7.05 Å². The van der Waals surface area contributed by atoms with Gasteiger partial charge in [0.25, 0.3) is 0 Å². The van der Waals surface area contributed by atoms with Gasteiger partial charge in [-0.05, 0) is 19.1 Å². The van der Waals surface area contributed by atoms with E-state index in [0.29, 0.717) is 6.42 Å². The van der Waals surface area contributed by atoms with Crippen molar-refractivity contribution < 1.29 is 4.79 Å². The molecule has 3 nitrogen and oxygen atoms in total. The highest BCUT2D eigenvalue weighted by molar-refractivity contribution is 5.75. The first-order chi connectivity index (χ1) is 5.74. The molecule has 0 spiro atoms. The van der Waals surface area contributed by atoms with Gasteiger partial charge in [-0.3, -0.25) is 4.79 Å². The minimum absolute atomic E-state index is 0.0798. The molecule has 1 aromatic heterocycles. The fourth-order valence-corrected chi connectivity index (χ4v) is 1.12. The van der Waals surface area contributed by atoms with Crippen molar-refractivity contribution in [3.05, 3.63) is 24.5 Å². The van der Waals surface area contributed by atoms with Crippen LogP contribution in [-0.2, 0) is 4.79 Å². The molecule has 0 aliphatic rings. The maximum absolute atomic E-state index is 11.0. The lowest BCUT2D eigenvalue weighted by Gasteiger charge is -2.11. The Morgan fingerprint density at radius 2 is 2.08 bits per heavy atom. The summed E-state index contributed by atoms with van der Waals surface area (Å²) in [5, 5.41) is 2.61. The van der Waals surface area contributed by atoms with Gasteiger partial charge in [0.1, 0.15) is 0 Å². The zero-order valence-corrected chi connectivity index (χ0v) is 7.45. The molecule has 3 heteroatoms.